The first-order valence-electron chi connectivity index (χ1n) is 5.66. The van der Waals surface area contributed by atoms with Gasteiger partial charge in [0.1, 0.15) is 0 Å². The molecule has 2 nitrogen and oxygen atoms in total. The molecule has 0 aliphatic carbocycles. The summed E-state index contributed by atoms with van der Waals surface area (Å²) in [6.07, 6.45) is 5.49. The van der Waals surface area contributed by atoms with Crippen LogP contribution in [0.25, 0.3) is 0 Å². The van der Waals surface area contributed by atoms with Crippen LogP contribution < -0.4 is 0 Å². The van der Waals surface area contributed by atoms with Crippen molar-refractivity contribution in [2.75, 3.05) is 7.11 Å². The van der Waals surface area contributed by atoms with E-state index in [1.165, 1.54) is 5.57 Å². The van der Waals surface area contributed by atoms with Crippen molar-refractivity contribution >= 4 is 22.6 Å². The van der Waals surface area contributed by atoms with Crippen LogP contribution in [0.3, 0.4) is 0 Å². The van der Waals surface area contributed by atoms with Gasteiger partial charge in [-0.15, -0.1) is 6.58 Å². The second-order valence-corrected chi connectivity index (χ2v) is 5.85. The molecule has 0 aliphatic rings. The molecule has 0 N–H and O–H groups in total. The maximum atomic E-state index is 5.90. The lowest BCUT2D eigenvalue weighted by Crippen LogP contribution is -2.32. The Bertz CT molecular complexity index is 293. The second kappa shape index (κ2) is 8.06. The Balaban J connectivity index is 4.50. The number of hydrogen-bond donors (Lipinski definition) is 0. The molecule has 0 rings (SSSR count). The number of ether oxygens (including phenoxy) is 2. The molecular weight excluding hydrogens is 327 g/mol. The topological polar surface area (TPSA) is 18.5 Å². The Labute approximate surface area is 119 Å². The maximum absolute atomic E-state index is 5.90. The molecule has 0 amide bonds. The molecule has 0 spiro atoms. The monoisotopic (exact) mass is 350 g/mol. The Morgan fingerprint density at radius 1 is 1.47 bits per heavy atom. The number of rotatable bonds is 8. The molecule has 0 heterocycles. The van der Waals surface area contributed by atoms with E-state index in [9.17, 15) is 0 Å². The fraction of sp³-hybridized carbons (Fsp3) is 0.571. The molecule has 1 unspecified atom stereocenters. The van der Waals surface area contributed by atoms with Crippen molar-refractivity contribution in [2.24, 2.45) is 0 Å². The van der Waals surface area contributed by atoms with Crippen molar-refractivity contribution in [1.29, 1.82) is 0 Å². The van der Waals surface area contributed by atoms with Crippen molar-refractivity contribution < 1.29 is 9.47 Å². The smallest absolute Gasteiger partial charge is 0.189 e. The molecule has 0 saturated heterocycles. The first-order chi connectivity index (χ1) is 7.84. The van der Waals surface area contributed by atoms with Gasteiger partial charge < -0.3 is 9.47 Å². The Morgan fingerprint density at radius 2 is 2.06 bits per heavy atom. The summed E-state index contributed by atoms with van der Waals surface area (Å²) in [7, 11) is 1.62. The predicted molar refractivity (Wildman–Crippen MR) is 82.3 cm³/mol. The van der Waals surface area contributed by atoms with Crippen molar-refractivity contribution in [3.05, 3.63) is 34.5 Å². The molecule has 3 heteroatoms. The highest BCUT2D eigenvalue weighted by Crippen LogP contribution is 2.26. The van der Waals surface area contributed by atoms with Crippen molar-refractivity contribution in [3.8, 4) is 0 Å². The maximum Gasteiger partial charge on any atom is 0.189 e. The van der Waals surface area contributed by atoms with E-state index in [-0.39, 0.29) is 11.9 Å². The zero-order valence-electron chi connectivity index (χ0n) is 11.3. The molecule has 0 aromatic rings. The first-order valence-corrected chi connectivity index (χ1v) is 6.74. The predicted octanol–water partition coefficient (Wildman–Crippen LogP) is 4.62. The quantitative estimate of drug-likeness (QED) is 0.361. The number of hydrogen-bond acceptors (Lipinski definition) is 2. The highest BCUT2D eigenvalue weighted by Gasteiger charge is 2.25. The molecule has 98 valence electrons. The zero-order chi connectivity index (χ0) is 13.5. The van der Waals surface area contributed by atoms with Crippen LogP contribution in [0.5, 0.6) is 0 Å². The van der Waals surface area contributed by atoms with Crippen LogP contribution in [0.1, 0.15) is 33.6 Å². The SMILES string of the molecule is C=C[C@@](C)(CCC=C(C)C)OC(OC)C(=C)I. The summed E-state index contributed by atoms with van der Waals surface area (Å²) in [6, 6.07) is 0. The molecule has 0 bridgehead atoms. The van der Waals surface area contributed by atoms with Crippen LogP contribution in [-0.4, -0.2) is 19.0 Å². The summed E-state index contributed by atoms with van der Waals surface area (Å²) >= 11 is 2.12. The van der Waals surface area contributed by atoms with E-state index in [4.69, 9.17) is 9.47 Å². The van der Waals surface area contributed by atoms with Gasteiger partial charge in [-0.2, -0.15) is 0 Å². The Kier molecular flexibility index (Phi) is 8.00. The first kappa shape index (κ1) is 16.9. The van der Waals surface area contributed by atoms with Crippen molar-refractivity contribution in [2.45, 2.75) is 45.5 Å². The molecule has 17 heavy (non-hydrogen) atoms. The van der Waals surface area contributed by atoms with Gasteiger partial charge in [0, 0.05) is 10.7 Å². The highest BCUT2D eigenvalue weighted by atomic mass is 127. The normalized spacial score (nSPS) is 15.8. The molecular formula is C14H23IO2. The third kappa shape index (κ3) is 7.01. The fourth-order valence-electron chi connectivity index (χ4n) is 1.34. The molecule has 0 saturated carbocycles. The van der Waals surface area contributed by atoms with Crippen LogP contribution in [0.15, 0.2) is 34.5 Å². The number of methoxy groups -OCH3 is 1. The van der Waals surface area contributed by atoms with Crippen molar-refractivity contribution in [3.63, 3.8) is 0 Å². The number of allylic oxidation sites excluding steroid dienone is 2. The van der Waals surface area contributed by atoms with E-state index in [1.807, 2.05) is 13.0 Å². The third-order valence-corrected chi connectivity index (χ3v) is 2.98. The Hall–Kier alpha value is -0.130. The average molecular weight is 350 g/mol. The van der Waals surface area contributed by atoms with E-state index < -0.39 is 0 Å². The molecule has 0 aromatic carbocycles. The third-order valence-electron chi connectivity index (χ3n) is 2.47. The zero-order valence-corrected chi connectivity index (χ0v) is 13.4. The van der Waals surface area contributed by atoms with Crippen LogP contribution in [0.2, 0.25) is 0 Å². The molecule has 0 aromatic heterocycles. The molecule has 0 aliphatic heterocycles. The van der Waals surface area contributed by atoms with Crippen LogP contribution in [0, 0.1) is 0 Å². The van der Waals surface area contributed by atoms with Crippen molar-refractivity contribution in [1.82, 2.24) is 0 Å². The summed E-state index contributed by atoms with van der Waals surface area (Å²) < 4.78 is 12.0. The minimum absolute atomic E-state index is 0.384. The lowest BCUT2D eigenvalue weighted by atomic mass is 9.99. The standard InChI is InChI=1S/C14H23IO2/c1-7-14(5,10-8-9-11(2)3)17-13(16-6)12(4)15/h7,9,13H,1,4,8,10H2,2-3,5-6H3/t13?,14-/m0/s1. The summed E-state index contributed by atoms with van der Waals surface area (Å²) in [4.78, 5) is 0. The van der Waals surface area contributed by atoms with Gasteiger partial charge in [0.05, 0.1) is 5.60 Å². The fourth-order valence-corrected chi connectivity index (χ4v) is 1.72. The van der Waals surface area contributed by atoms with Gasteiger partial charge in [-0.05, 0) is 56.2 Å². The summed E-state index contributed by atoms with van der Waals surface area (Å²) in [5.74, 6) is 0. The van der Waals surface area contributed by atoms with Crippen LogP contribution in [0.4, 0.5) is 0 Å². The van der Waals surface area contributed by atoms with Crippen LogP contribution in [-0.2, 0) is 9.47 Å². The largest absolute Gasteiger partial charge is 0.351 e. The lowest BCUT2D eigenvalue weighted by Gasteiger charge is -2.30. The van der Waals surface area contributed by atoms with Gasteiger partial charge in [-0.1, -0.05) is 24.3 Å². The molecule has 2 atom stereocenters. The van der Waals surface area contributed by atoms with Crippen LogP contribution >= 0.6 is 22.6 Å². The minimum atomic E-state index is -0.388. The minimum Gasteiger partial charge on any atom is -0.351 e. The van der Waals surface area contributed by atoms with Gasteiger partial charge in [0.15, 0.2) is 6.29 Å². The lowest BCUT2D eigenvalue weighted by molar-refractivity contribution is -0.153. The van der Waals surface area contributed by atoms with E-state index in [0.717, 1.165) is 16.4 Å². The van der Waals surface area contributed by atoms with Gasteiger partial charge >= 0.3 is 0 Å². The number of halogens is 1. The second-order valence-electron chi connectivity index (χ2n) is 4.47. The van der Waals surface area contributed by atoms with Gasteiger partial charge in [0.2, 0.25) is 0 Å². The van der Waals surface area contributed by atoms with Gasteiger partial charge in [-0.25, -0.2) is 0 Å². The van der Waals surface area contributed by atoms with E-state index in [0.29, 0.717) is 0 Å². The molecule has 0 fully saturated rings. The van der Waals surface area contributed by atoms with E-state index in [1.54, 1.807) is 7.11 Å². The van der Waals surface area contributed by atoms with E-state index in [2.05, 4.69) is 55.7 Å². The van der Waals surface area contributed by atoms with Gasteiger partial charge in [-0.3, -0.25) is 0 Å². The van der Waals surface area contributed by atoms with Gasteiger partial charge in [0.25, 0.3) is 0 Å². The average Bonchev–Trinajstić information content (AvgIpc) is 2.25. The molecule has 0 radical (unpaired) electrons. The Morgan fingerprint density at radius 3 is 2.41 bits per heavy atom. The summed E-state index contributed by atoms with van der Waals surface area (Å²) in [5.41, 5.74) is 0.929. The summed E-state index contributed by atoms with van der Waals surface area (Å²) in [6.45, 7) is 13.9. The highest BCUT2D eigenvalue weighted by molar-refractivity contribution is 14.1. The summed E-state index contributed by atoms with van der Waals surface area (Å²) in [5, 5.41) is 0. The van der Waals surface area contributed by atoms with E-state index >= 15 is 0 Å².